The predicted molar refractivity (Wildman–Crippen MR) is 83.4 cm³/mol. The van der Waals surface area contributed by atoms with Crippen LogP contribution in [-0.2, 0) is 19.5 Å². The van der Waals surface area contributed by atoms with E-state index in [0.717, 1.165) is 30.8 Å². The minimum absolute atomic E-state index is 0.0755. The Morgan fingerprint density at radius 1 is 1.35 bits per heavy atom. The molecule has 0 spiro atoms. The zero-order chi connectivity index (χ0) is 16.0. The van der Waals surface area contributed by atoms with Gasteiger partial charge in [0.05, 0.1) is 31.0 Å². The van der Waals surface area contributed by atoms with Crippen LogP contribution in [0.4, 0.5) is 0 Å². The summed E-state index contributed by atoms with van der Waals surface area (Å²) >= 11 is 0. The van der Waals surface area contributed by atoms with Gasteiger partial charge in [0.25, 0.3) is 11.5 Å². The number of carbonyl (C=O) groups excluding carboxylic acids is 1. The maximum Gasteiger partial charge on any atom is 0.256 e. The van der Waals surface area contributed by atoms with Crippen molar-refractivity contribution in [2.75, 3.05) is 6.61 Å². The molecular weight excluding hydrogens is 294 g/mol. The van der Waals surface area contributed by atoms with Crippen LogP contribution in [0.3, 0.4) is 0 Å². The average molecular weight is 311 g/mol. The summed E-state index contributed by atoms with van der Waals surface area (Å²) in [7, 11) is 0. The maximum absolute atomic E-state index is 12.7. The molecule has 0 aliphatic carbocycles. The molecule has 4 rings (SSSR count). The zero-order valence-electron chi connectivity index (χ0n) is 12.9. The highest BCUT2D eigenvalue weighted by Crippen LogP contribution is 2.27. The number of fused-ring (bicyclic) bond motifs is 2. The second kappa shape index (κ2) is 5.22. The number of hydrogen-bond acceptors (Lipinski definition) is 4. The lowest BCUT2D eigenvalue weighted by Crippen LogP contribution is -2.26. The van der Waals surface area contributed by atoms with Crippen LogP contribution in [0.15, 0.2) is 23.0 Å². The van der Waals surface area contributed by atoms with Gasteiger partial charge in [0.1, 0.15) is 11.6 Å². The van der Waals surface area contributed by atoms with Crippen LogP contribution >= 0.6 is 0 Å². The summed E-state index contributed by atoms with van der Waals surface area (Å²) in [6.07, 6.45) is 1.90. The van der Waals surface area contributed by atoms with E-state index in [9.17, 15) is 9.59 Å². The SMILES string of the molecule is Cc1nc2c(c(=O)[nH]1)CN(C(=O)c1ccc3c(c1)CCCO3)C2. The first-order valence-electron chi connectivity index (χ1n) is 7.75. The van der Waals surface area contributed by atoms with Crippen LogP contribution in [-0.4, -0.2) is 27.4 Å². The van der Waals surface area contributed by atoms with Gasteiger partial charge >= 0.3 is 0 Å². The summed E-state index contributed by atoms with van der Waals surface area (Å²) in [4.78, 5) is 33.4. The lowest BCUT2D eigenvalue weighted by molar-refractivity contribution is 0.0750. The fraction of sp³-hybridized carbons (Fsp3) is 0.353. The van der Waals surface area contributed by atoms with Crippen LogP contribution in [0, 0.1) is 6.92 Å². The summed E-state index contributed by atoms with van der Waals surface area (Å²) in [5, 5.41) is 0. The molecule has 2 aliphatic rings. The number of aryl methyl sites for hydroxylation is 2. The minimum atomic E-state index is -0.151. The predicted octanol–water partition coefficient (Wildman–Crippen LogP) is 1.56. The van der Waals surface area contributed by atoms with Crippen molar-refractivity contribution in [3.8, 4) is 5.75 Å². The van der Waals surface area contributed by atoms with E-state index in [-0.39, 0.29) is 11.5 Å². The number of amides is 1. The molecule has 23 heavy (non-hydrogen) atoms. The number of rotatable bonds is 1. The minimum Gasteiger partial charge on any atom is -0.493 e. The molecule has 6 nitrogen and oxygen atoms in total. The molecule has 2 aromatic rings. The van der Waals surface area contributed by atoms with E-state index >= 15 is 0 Å². The van der Waals surface area contributed by atoms with Gasteiger partial charge in [-0.2, -0.15) is 0 Å². The second-order valence-corrected chi connectivity index (χ2v) is 6.01. The summed E-state index contributed by atoms with van der Waals surface area (Å²) in [5.74, 6) is 1.37. The van der Waals surface area contributed by atoms with Crippen molar-refractivity contribution in [1.29, 1.82) is 0 Å². The van der Waals surface area contributed by atoms with Crippen LogP contribution in [0.25, 0.3) is 0 Å². The van der Waals surface area contributed by atoms with Gasteiger partial charge in [-0.3, -0.25) is 9.59 Å². The van der Waals surface area contributed by atoms with E-state index in [1.807, 2.05) is 12.1 Å². The van der Waals surface area contributed by atoms with Gasteiger partial charge in [0, 0.05) is 5.56 Å². The Balaban J connectivity index is 1.61. The normalized spacial score (nSPS) is 15.8. The summed E-state index contributed by atoms with van der Waals surface area (Å²) < 4.78 is 5.58. The molecule has 1 amide bonds. The Morgan fingerprint density at radius 2 is 2.22 bits per heavy atom. The average Bonchev–Trinajstić information content (AvgIpc) is 2.98. The van der Waals surface area contributed by atoms with Gasteiger partial charge in [0.2, 0.25) is 0 Å². The highest BCUT2D eigenvalue weighted by molar-refractivity contribution is 5.95. The van der Waals surface area contributed by atoms with Crippen molar-refractivity contribution in [3.05, 3.63) is 56.8 Å². The molecule has 6 heteroatoms. The van der Waals surface area contributed by atoms with Crippen LogP contribution in [0.1, 0.15) is 39.4 Å². The van der Waals surface area contributed by atoms with E-state index < -0.39 is 0 Å². The van der Waals surface area contributed by atoms with Gasteiger partial charge in [-0.15, -0.1) is 0 Å². The molecule has 3 heterocycles. The molecule has 1 aromatic heterocycles. The standard InChI is InChI=1S/C17H17N3O3/c1-10-18-14-9-20(8-13(14)16(21)19-10)17(22)12-4-5-15-11(7-12)3-2-6-23-15/h4-5,7H,2-3,6,8-9H2,1H3,(H,18,19,21). The highest BCUT2D eigenvalue weighted by atomic mass is 16.5. The summed E-state index contributed by atoms with van der Waals surface area (Å²) in [6, 6.07) is 5.56. The van der Waals surface area contributed by atoms with Gasteiger partial charge < -0.3 is 14.6 Å². The number of H-pyrrole nitrogens is 1. The molecule has 0 atom stereocenters. The number of aromatic amines is 1. The number of hydrogen-bond donors (Lipinski definition) is 1. The number of carbonyl (C=O) groups is 1. The van der Waals surface area contributed by atoms with E-state index in [2.05, 4.69) is 9.97 Å². The van der Waals surface area contributed by atoms with E-state index in [1.165, 1.54) is 0 Å². The molecule has 118 valence electrons. The number of aromatic nitrogens is 2. The molecule has 2 aliphatic heterocycles. The third-order valence-electron chi connectivity index (χ3n) is 4.35. The highest BCUT2D eigenvalue weighted by Gasteiger charge is 2.28. The van der Waals surface area contributed by atoms with Crippen LogP contribution in [0.2, 0.25) is 0 Å². The zero-order valence-corrected chi connectivity index (χ0v) is 12.9. The van der Waals surface area contributed by atoms with Gasteiger partial charge in [-0.1, -0.05) is 0 Å². The first-order valence-corrected chi connectivity index (χ1v) is 7.75. The van der Waals surface area contributed by atoms with Crippen molar-refractivity contribution in [2.24, 2.45) is 0 Å². The molecule has 0 radical (unpaired) electrons. The first kappa shape index (κ1) is 14.0. The number of benzene rings is 1. The Kier molecular flexibility index (Phi) is 3.18. The Labute approximate surface area is 133 Å². The van der Waals surface area contributed by atoms with E-state index in [0.29, 0.717) is 35.7 Å². The maximum atomic E-state index is 12.7. The monoisotopic (exact) mass is 311 g/mol. The molecule has 0 saturated carbocycles. The topological polar surface area (TPSA) is 75.3 Å². The van der Waals surface area contributed by atoms with Crippen LogP contribution in [0.5, 0.6) is 5.75 Å². The summed E-state index contributed by atoms with van der Waals surface area (Å²) in [5.41, 5.74) is 2.84. The first-order chi connectivity index (χ1) is 11.1. The van der Waals surface area contributed by atoms with Gasteiger partial charge in [-0.25, -0.2) is 4.98 Å². The largest absolute Gasteiger partial charge is 0.493 e. The van der Waals surface area contributed by atoms with Crippen molar-refractivity contribution in [2.45, 2.75) is 32.9 Å². The third kappa shape index (κ3) is 2.40. The molecule has 1 N–H and O–H groups in total. The molecule has 0 saturated heterocycles. The third-order valence-corrected chi connectivity index (χ3v) is 4.35. The van der Waals surface area contributed by atoms with E-state index in [1.54, 1.807) is 17.9 Å². The number of nitrogens with zero attached hydrogens (tertiary/aromatic N) is 2. The molecule has 0 unspecified atom stereocenters. The quantitative estimate of drug-likeness (QED) is 0.867. The Morgan fingerprint density at radius 3 is 3.09 bits per heavy atom. The molecule has 0 bridgehead atoms. The fourth-order valence-corrected chi connectivity index (χ4v) is 3.21. The number of nitrogens with one attached hydrogen (secondary N) is 1. The summed E-state index contributed by atoms with van der Waals surface area (Å²) in [6.45, 7) is 3.17. The molecular formula is C17H17N3O3. The molecule has 1 aromatic carbocycles. The Hall–Kier alpha value is -2.63. The second-order valence-electron chi connectivity index (χ2n) is 6.01. The smallest absolute Gasteiger partial charge is 0.256 e. The molecule has 0 fully saturated rings. The van der Waals surface area contributed by atoms with Crippen molar-refractivity contribution < 1.29 is 9.53 Å². The fourth-order valence-electron chi connectivity index (χ4n) is 3.21. The van der Waals surface area contributed by atoms with Gasteiger partial charge in [-0.05, 0) is 43.5 Å². The van der Waals surface area contributed by atoms with Crippen molar-refractivity contribution >= 4 is 5.91 Å². The Bertz CT molecular complexity index is 857. The van der Waals surface area contributed by atoms with Crippen molar-refractivity contribution in [1.82, 2.24) is 14.9 Å². The lowest BCUT2D eigenvalue weighted by atomic mass is 10.0. The van der Waals surface area contributed by atoms with E-state index in [4.69, 9.17) is 4.74 Å². The van der Waals surface area contributed by atoms with Gasteiger partial charge in [0.15, 0.2) is 0 Å². The van der Waals surface area contributed by atoms with Crippen molar-refractivity contribution in [3.63, 3.8) is 0 Å². The number of ether oxygens (including phenoxy) is 1. The lowest BCUT2D eigenvalue weighted by Gasteiger charge is -2.19. The van der Waals surface area contributed by atoms with Crippen LogP contribution < -0.4 is 10.3 Å².